The van der Waals surface area contributed by atoms with Crippen molar-refractivity contribution in [3.05, 3.63) is 0 Å². The Morgan fingerprint density at radius 2 is 0.739 bits per heavy atom. The van der Waals surface area contributed by atoms with E-state index in [0.717, 1.165) is 102 Å². The predicted molar refractivity (Wildman–Crippen MR) is 204 cm³/mol. The second kappa shape index (κ2) is 28.8. The van der Waals surface area contributed by atoms with Crippen LogP contribution in [0.2, 0.25) is 0 Å². The average molecular weight is 662 g/mol. The van der Waals surface area contributed by atoms with E-state index in [0.29, 0.717) is 17.8 Å². The van der Waals surface area contributed by atoms with Crippen LogP contribution in [0.25, 0.3) is 0 Å². The molecule has 0 fully saturated rings. The molecule has 3 atom stereocenters. The van der Waals surface area contributed by atoms with Crippen molar-refractivity contribution in [3.63, 3.8) is 0 Å². The molecule has 0 amide bonds. The van der Waals surface area contributed by atoms with E-state index in [1.807, 2.05) is 0 Å². The quantitative estimate of drug-likeness (QED) is 0.0719. The van der Waals surface area contributed by atoms with Crippen LogP contribution in [0.1, 0.15) is 165 Å². The minimum absolute atomic E-state index is 0.00851. The maximum atomic E-state index is 6.90. The Bertz CT molecular complexity index is 809. The van der Waals surface area contributed by atoms with Crippen molar-refractivity contribution in [2.45, 2.75) is 183 Å². The van der Waals surface area contributed by atoms with Crippen LogP contribution >= 0.6 is 10.9 Å². The largest absolute Gasteiger partial charge is 0.309 e. The summed E-state index contributed by atoms with van der Waals surface area (Å²) in [6.07, 6.45) is 16.2. The Hall–Kier alpha value is -1.13. The molecule has 0 saturated carbocycles. The van der Waals surface area contributed by atoms with Gasteiger partial charge in [-0.15, -0.1) is 35.5 Å². The van der Waals surface area contributed by atoms with Crippen LogP contribution < -0.4 is 0 Å². The molecule has 0 rings (SSSR count). The van der Waals surface area contributed by atoms with Gasteiger partial charge >= 0.3 is 0 Å². The molecule has 0 aromatic carbocycles. The van der Waals surface area contributed by atoms with Gasteiger partial charge in [-0.25, -0.2) is 0 Å². The van der Waals surface area contributed by atoms with Gasteiger partial charge < -0.3 is 4.90 Å². The van der Waals surface area contributed by atoms with Crippen LogP contribution in [0.3, 0.4) is 0 Å². The number of hydrogen-bond donors (Lipinski definition) is 0. The van der Waals surface area contributed by atoms with Crippen molar-refractivity contribution in [2.75, 3.05) is 26.4 Å². The lowest BCUT2D eigenvalue weighted by molar-refractivity contribution is 0.0821. The number of hydrogen-bond acceptors (Lipinski definition) is 4. The molecule has 0 radical (unpaired) electrons. The number of rotatable bonds is 25. The van der Waals surface area contributed by atoms with E-state index in [1.165, 1.54) is 12.8 Å². The molecule has 5 heteroatoms. The monoisotopic (exact) mass is 662 g/mol. The summed E-state index contributed by atoms with van der Waals surface area (Å²) in [4.78, 5) is 2.26. The van der Waals surface area contributed by atoms with E-state index in [2.05, 4.69) is 117 Å². The minimum Gasteiger partial charge on any atom is -0.309 e. The first-order valence-corrected chi connectivity index (χ1v) is 20.3. The highest BCUT2D eigenvalue weighted by Crippen LogP contribution is 2.56. The number of nitrogens with zero attached hydrogens (tertiary/aromatic N) is 1. The molecule has 0 N–H and O–H groups in total. The van der Waals surface area contributed by atoms with Crippen molar-refractivity contribution >= 4 is 10.9 Å². The number of unbranched alkanes of at least 4 members (excludes halogenated alkanes) is 3. The predicted octanol–water partition coefficient (Wildman–Crippen LogP) is 11.5. The summed E-state index contributed by atoms with van der Waals surface area (Å²) in [6.45, 7) is 21.1. The molecule has 0 bridgehead atoms. The minimum atomic E-state index is -2.23. The Labute approximate surface area is 290 Å². The first-order valence-electron chi connectivity index (χ1n) is 18.7. The molecule has 0 saturated heterocycles. The molecular formula is C41H75NO3S. The Morgan fingerprint density at radius 3 is 1.04 bits per heavy atom. The Balaban J connectivity index is 5.68. The summed E-state index contributed by atoms with van der Waals surface area (Å²) in [6, 6.07) is 0. The van der Waals surface area contributed by atoms with Gasteiger partial charge in [-0.3, -0.25) is 12.5 Å². The van der Waals surface area contributed by atoms with E-state index in [-0.39, 0.29) is 18.3 Å². The topological polar surface area (TPSA) is 30.9 Å². The summed E-state index contributed by atoms with van der Waals surface area (Å²) in [7, 11) is 2.06. The standard InChI is InChI=1S/C41H75NO3S/c1-36(2)28-20-12-15-23-31-39(7)43-46(35-27-19-18-26-34-42(10)11,44-40(8)32-24-16-13-21-29-37(3)4)45-41(9)33-25-17-14-22-30-38(5)6/h36-41H,18-35H2,1-11H3. The molecule has 0 aromatic heterocycles. The smallest absolute Gasteiger partial charge is 0.0895 e. The van der Waals surface area contributed by atoms with Crippen LogP contribution in [0.4, 0.5) is 0 Å². The van der Waals surface area contributed by atoms with Gasteiger partial charge in [-0.2, -0.15) is 0 Å². The Kier molecular flexibility index (Phi) is 28.1. The second-order valence-electron chi connectivity index (χ2n) is 14.7. The van der Waals surface area contributed by atoms with Gasteiger partial charge in [0.15, 0.2) is 0 Å². The molecular weight excluding hydrogens is 587 g/mol. The second-order valence-corrected chi connectivity index (χ2v) is 16.8. The maximum absolute atomic E-state index is 6.90. The van der Waals surface area contributed by atoms with E-state index < -0.39 is 10.9 Å². The molecule has 46 heavy (non-hydrogen) atoms. The van der Waals surface area contributed by atoms with Crippen molar-refractivity contribution in [2.24, 2.45) is 17.8 Å². The zero-order chi connectivity index (χ0) is 34.6. The van der Waals surface area contributed by atoms with Crippen molar-refractivity contribution < 1.29 is 12.5 Å². The molecule has 0 aliphatic carbocycles. The lowest BCUT2D eigenvalue weighted by atomic mass is 10.1. The van der Waals surface area contributed by atoms with E-state index in [1.54, 1.807) is 0 Å². The van der Waals surface area contributed by atoms with Gasteiger partial charge in [0.05, 0.1) is 29.2 Å². The third-order valence-electron chi connectivity index (χ3n) is 7.62. The van der Waals surface area contributed by atoms with E-state index >= 15 is 0 Å². The van der Waals surface area contributed by atoms with E-state index in [9.17, 15) is 0 Å². The maximum Gasteiger partial charge on any atom is 0.0895 e. The third-order valence-corrected chi connectivity index (χ3v) is 10.3. The van der Waals surface area contributed by atoms with Crippen molar-refractivity contribution in [1.29, 1.82) is 0 Å². The highest BCUT2D eigenvalue weighted by molar-refractivity contribution is 8.21. The SMILES string of the molecule is CC(C)CCC#CCCC(C)OS(CCCCCCN(C)C)(OC(C)CCC#CCCC(C)C)OC(C)CCC#CCCC(C)C. The van der Waals surface area contributed by atoms with E-state index in [4.69, 9.17) is 12.5 Å². The summed E-state index contributed by atoms with van der Waals surface area (Å²) >= 11 is 0. The molecule has 0 spiro atoms. The lowest BCUT2D eigenvalue weighted by Gasteiger charge is -2.43. The van der Waals surface area contributed by atoms with Crippen molar-refractivity contribution in [1.82, 2.24) is 4.90 Å². The first-order chi connectivity index (χ1) is 21.8. The van der Waals surface area contributed by atoms with Gasteiger partial charge in [0, 0.05) is 44.3 Å². The van der Waals surface area contributed by atoms with Crippen LogP contribution in [-0.4, -0.2) is 49.6 Å². The highest BCUT2D eigenvalue weighted by Gasteiger charge is 2.33. The van der Waals surface area contributed by atoms with Gasteiger partial charge in [0.25, 0.3) is 0 Å². The normalized spacial score (nSPS) is 15.4. The van der Waals surface area contributed by atoms with Gasteiger partial charge in [0.2, 0.25) is 0 Å². The highest BCUT2D eigenvalue weighted by atomic mass is 32.3. The van der Waals surface area contributed by atoms with Gasteiger partial charge in [-0.1, -0.05) is 54.4 Å². The zero-order valence-corrected chi connectivity index (χ0v) is 33.1. The fraction of sp³-hybridized carbons (Fsp3) is 0.854. The summed E-state index contributed by atoms with van der Waals surface area (Å²) < 4.78 is 20.7. The fourth-order valence-electron chi connectivity index (χ4n) is 4.61. The van der Waals surface area contributed by atoms with Gasteiger partial charge in [-0.05, 0) is 111 Å². The summed E-state index contributed by atoms with van der Waals surface area (Å²) in [5, 5.41) is 0. The first kappa shape index (κ1) is 44.9. The van der Waals surface area contributed by atoms with Crippen LogP contribution in [0, 0.1) is 53.3 Å². The molecule has 4 nitrogen and oxygen atoms in total. The lowest BCUT2D eigenvalue weighted by Crippen LogP contribution is -2.27. The van der Waals surface area contributed by atoms with Crippen LogP contribution in [0.5, 0.6) is 0 Å². The summed E-state index contributed by atoms with van der Waals surface area (Å²) in [5.74, 6) is 23.1. The Morgan fingerprint density at radius 1 is 0.435 bits per heavy atom. The van der Waals surface area contributed by atoms with Crippen LogP contribution in [-0.2, 0) is 12.5 Å². The molecule has 0 aromatic rings. The van der Waals surface area contributed by atoms with Crippen molar-refractivity contribution in [3.8, 4) is 35.5 Å². The van der Waals surface area contributed by atoms with Gasteiger partial charge in [0.1, 0.15) is 0 Å². The average Bonchev–Trinajstić information content (AvgIpc) is 2.95. The molecule has 0 heterocycles. The zero-order valence-electron chi connectivity index (χ0n) is 32.3. The molecule has 3 unspecified atom stereocenters. The van der Waals surface area contributed by atoms with Crippen LogP contribution in [0.15, 0.2) is 0 Å². The third kappa shape index (κ3) is 29.0. The molecule has 0 aliphatic heterocycles. The molecule has 0 aliphatic rings. The molecule has 268 valence electrons. The fourth-order valence-corrected chi connectivity index (χ4v) is 7.38. The summed E-state index contributed by atoms with van der Waals surface area (Å²) in [5.41, 5.74) is 0.